The molecule has 5 rings (SSSR count). The maximum absolute atomic E-state index is 13.0. The summed E-state index contributed by atoms with van der Waals surface area (Å²) in [6.45, 7) is 1.18. The Balaban J connectivity index is 1.49. The molecule has 0 saturated carbocycles. The van der Waals surface area contributed by atoms with Crippen LogP contribution in [0, 0.1) is 0 Å². The number of hydrogen-bond acceptors (Lipinski definition) is 4. The molecule has 0 atom stereocenters. The molecule has 1 aromatic heterocycles. The van der Waals surface area contributed by atoms with Crippen LogP contribution in [0.15, 0.2) is 85.2 Å². The van der Waals surface area contributed by atoms with Gasteiger partial charge in [-0.3, -0.25) is 14.2 Å². The SMILES string of the molecule is CS(=O)(=O)N(c1cccc2cnccc12)C1CN(C(c2ccc(Cl)cc2)c2ccc(Cl)cc2)C1. The van der Waals surface area contributed by atoms with Crippen LogP contribution < -0.4 is 4.31 Å². The van der Waals surface area contributed by atoms with Crippen LogP contribution in [0.5, 0.6) is 0 Å². The number of anilines is 1. The molecule has 1 aliphatic heterocycles. The zero-order valence-corrected chi connectivity index (χ0v) is 20.8. The van der Waals surface area contributed by atoms with Crippen molar-refractivity contribution in [3.8, 4) is 0 Å². The smallest absolute Gasteiger partial charge is 0.232 e. The molecule has 1 saturated heterocycles. The lowest BCUT2D eigenvalue weighted by Crippen LogP contribution is -2.61. The Labute approximate surface area is 209 Å². The number of sulfonamides is 1. The molecule has 0 bridgehead atoms. The zero-order chi connectivity index (χ0) is 23.9. The maximum atomic E-state index is 13.0. The second-order valence-electron chi connectivity index (χ2n) is 8.55. The van der Waals surface area contributed by atoms with E-state index in [2.05, 4.69) is 9.88 Å². The van der Waals surface area contributed by atoms with Crippen molar-refractivity contribution < 1.29 is 8.42 Å². The van der Waals surface area contributed by atoms with Crippen molar-refractivity contribution in [3.05, 3.63) is 106 Å². The average molecular weight is 512 g/mol. The van der Waals surface area contributed by atoms with E-state index in [1.807, 2.05) is 72.8 Å². The van der Waals surface area contributed by atoms with Gasteiger partial charge in [-0.2, -0.15) is 0 Å². The van der Waals surface area contributed by atoms with Gasteiger partial charge in [0.15, 0.2) is 0 Å². The van der Waals surface area contributed by atoms with Gasteiger partial charge in [0.2, 0.25) is 10.0 Å². The van der Waals surface area contributed by atoms with Crippen molar-refractivity contribution in [2.45, 2.75) is 12.1 Å². The number of pyridine rings is 1. The molecule has 2 heterocycles. The number of likely N-dealkylation sites (tertiary alicyclic amines) is 1. The number of benzene rings is 3. The quantitative estimate of drug-likeness (QED) is 0.329. The van der Waals surface area contributed by atoms with Crippen molar-refractivity contribution in [1.29, 1.82) is 0 Å². The number of aromatic nitrogens is 1. The Morgan fingerprint density at radius 1 is 0.912 bits per heavy atom. The number of halogens is 2. The first-order chi connectivity index (χ1) is 16.3. The summed E-state index contributed by atoms with van der Waals surface area (Å²) in [6, 6.07) is 22.9. The lowest BCUT2D eigenvalue weighted by molar-refractivity contribution is 0.116. The second-order valence-corrected chi connectivity index (χ2v) is 11.3. The van der Waals surface area contributed by atoms with Crippen LogP contribution in [-0.4, -0.2) is 43.7 Å². The molecular weight excluding hydrogens is 489 g/mol. The monoisotopic (exact) mass is 511 g/mol. The summed E-state index contributed by atoms with van der Waals surface area (Å²) in [5, 5.41) is 3.13. The Bertz CT molecular complexity index is 1370. The largest absolute Gasteiger partial charge is 0.288 e. The first kappa shape index (κ1) is 23.1. The number of nitrogens with zero attached hydrogens (tertiary/aromatic N) is 3. The predicted molar refractivity (Wildman–Crippen MR) is 139 cm³/mol. The molecule has 0 amide bonds. The Hall–Kier alpha value is -2.64. The third-order valence-corrected chi connectivity index (χ3v) is 7.92. The Morgan fingerprint density at radius 2 is 1.50 bits per heavy atom. The fourth-order valence-corrected chi connectivity index (χ4v) is 6.14. The molecule has 0 spiro atoms. The third kappa shape index (κ3) is 4.51. The van der Waals surface area contributed by atoms with Crippen molar-refractivity contribution in [2.75, 3.05) is 23.7 Å². The van der Waals surface area contributed by atoms with E-state index in [1.54, 1.807) is 16.7 Å². The van der Waals surface area contributed by atoms with Gasteiger partial charge in [0.05, 0.1) is 24.0 Å². The van der Waals surface area contributed by atoms with Gasteiger partial charge >= 0.3 is 0 Å². The summed E-state index contributed by atoms with van der Waals surface area (Å²) in [4.78, 5) is 6.45. The van der Waals surface area contributed by atoms with Gasteiger partial charge in [-0.25, -0.2) is 8.42 Å². The summed E-state index contributed by atoms with van der Waals surface area (Å²) in [7, 11) is -3.51. The number of rotatable bonds is 6. The molecule has 4 aromatic rings. The first-order valence-electron chi connectivity index (χ1n) is 10.9. The summed E-state index contributed by atoms with van der Waals surface area (Å²) >= 11 is 12.3. The van der Waals surface area contributed by atoms with E-state index in [1.165, 1.54) is 6.26 Å². The number of hydrogen-bond donors (Lipinski definition) is 0. The minimum atomic E-state index is -3.51. The highest BCUT2D eigenvalue weighted by Gasteiger charge is 2.41. The maximum Gasteiger partial charge on any atom is 0.232 e. The minimum Gasteiger partial charge on any atom is -0.288 e. The van der Waals surface area contributed by atoms with Gasteiger partial charge in [0.25, 0.3) is 0 Å². The third-order valence-electron chi connectivity index (χ3n) is 6.21. The molecule has 34 heavy (non-hydrogen) atoms. The van der Waals surface area contributed by atoms with E-state index < -0.39 is 10.0 Å². The molecule has 0 aliphatic carbocycles. The second kappa shape index (κ2) is 9.19. The van der Waals surface area contributed by atoms with E-state index in [4.69, 9.17) is 23.2 Å². The summed E-state index contributed by atoms with van der Waals surface area (Å²) < 4.78 is 27.5. The summed E-state index contributed by atoms with van der Waals surface area (Å²) in [6.07, 6.45) is 4.71. The fourth-order valence-electron chi connectivity index (χ4n) is 4.70. The molecule has 8 heteroatoms. The molecule has 3 aromatic carbocycles. The van der Waals surface area contributed by atoms with Crippen molar-refractivity contribution >= 4 is 49.7 Å². The highest BCUT2D eigenvalue weighted by molar-refractivity contribution is 7.92. The Morgan fingerprint density at radius 3 is 2.06 bits per heavy atom. The van der Waals surface area contributed by atoms with Gasteiger partial charge in [0, 0.05) is 46.3 Å². The van der Waals surface area contributed by atoms with Crippen molar-refractivity contribution in [2.24, 2.45) is 0 Å². The molecule has 174 valence electrons. The van der Waals surface area contributed by atoms with Crippen LogP contribution in [0.3, 0.4) is 0 Å². The lowest BCUT2D eigenvalue weighted by atomic mass is 9.93. The zero-order valence-electron chi connectivity index (χ0n) is 18.5. The number of fused-ring (bicyclic) bond motifs is 1. The van der Waals surface area contributed by atoms with Crippen LogP contribution in [0.25, 0.3) is 10.8 Å². The normalized spacial score (nSPS) is 14.9. The lowest BCUT2D eigenvalue weighted by Gasteiger charge is -2.49. The van der Waals surface area contributed by atoms with E-state index in [0.29, 0.717) is 28.8 Å². The predicted octanol–water partition coefficient (Wildman–Crippen LogP) is 5.78. The van der Waals surface area contributed by atoms with Crippen molar-refractivity contribution in [3.63, 3.8) is 0 Å². The van der Waals surface area contributed by atoms with Crippen LogP contribution in [0.2, 0.25) is 10.0 Å². The van der Waals surface area contributed by atoms with Crippen LogP contribution >= 0.6 is 23.2 Å². The summed E-state index contributed by atoms with van der Waals surface area (Å²) in [5.41, 5.74) is 2.86. The van der Waals surface area contributed by atoms with Crippen molar-refractivity contribution in [1.82, 2.24) is 9.88 Å². The summed E-state index contributed by atoms with van der Waals surface area (Å²) in [5.74, 6) is 0. The van der Waals surface area contributed by atoms with Crippen LogP contribution in [0.1, 0.15) is 17.2 Å². The highest BCUT2D eigenvalue weighted by Crippen LogP contribution is 2.38. The highest BCUT2D eigenvalue weighted by atomic mass is 35.5. The van der Waals surface area contributed by atoms with E-state index >= 15 is 0 Å². The molecule has 0 N–H and O–H groups in total. The van der Waals surface area contributed by atoms with E-state index in [9.17, 15) is 8.42 Å². The van der Waals surface area contributed by atoms with Gasteiger partial charge in [-0.05, 0) is 47.5 Å². The van der Waals surface area contributed by atoms with Gasteiger partial charge in [0.1, 0.15) is 0 Å². The molecule has 1 fully saturated rings. The van der Waals surface area contributed by atoms with Crippen LogP contribution in [0.4, 0.5) is 5.69 Å². The van der Waals surface area contributed by atoms with Crippen LogP contribution in [-0.2, 0) is 10.0 Å². The first-order valence-corrected chi connectivity index (χ1v) is 13.5. The topological polar surface area (TPSA) is 53.5 Å². The average Bonchev–Trinajstić information content (AvgIpc) is 2.79. The van der Waals surface area contributed by atoms with E-state index in [0.717, 1.165) is 21.9 Å². The minimum absolute atomic E-state index is 0.0380. The Kier molecular flexibility index (Phi) is 6.25. The molecule has 5 nitrogen and oxygen atoms in total. The van der Waals surface area contributed by atoms with Gasteiger partial charge < -0.3 is 0 Å². The molecule has 1 aliphatic rings. The van der Waals surface area contributed by atoms with Gasteiger partial charge in [-0.1, -0.05) is 59.6 Å². The molecular formula is C26H23Cl2N3O2S. The molecule has 0 radical (unpaired) electrons. The molecule has 0 unspecified atom stereocenters. The standard InChI is InChI=1S/C26H23Cl2N3O2S/c1-34(32,33)31(25-4-2-3-20-15-29-14-13-24(20)25)23-16-30(17-23)26(18-5-9-21(27)10-6-18)19-7-11-22(28)12-8-19/h2-15,23,26H,16-17H2,1H3. The van der Waals surface area contributed by atoms with E-state index in [-0.39, 0.29) is 12.1 Å². The van der Waals surface area contributed by atoms with Gasteiger partial charge in [-0.15, -0.1) is 0 Å². The fraction of sp³-hybridized carbons (Fsp3) is 0.192.